The van der Waals surface area contributed by atoms with Crippen molar-refractivity contribution in [3.05, 3.63) is 107 Å². The molecule has 1 aliphatic heterocycles. The molecule has 1 aliphatic rings. The van der Waals surface area contributed by atoms with Crippen molar-refractivity contribution >= 4 is 16.8 Å². The van der Waals surface area contributed by atoms with E-state index in [9.17, 15) is 9.18 Å². The number of halogens is 1. The SMILES string of the molecule is Cc1cc(C#Cc2ccc(OCCN(C)C)nc2)cc(C(=O)NC(c2cc3ccccc3[nH]2)c2ncn3c2C[C@@H](F)C3)n1. The van der Waals surface area contributed by atoms with E-state index in [-0.39, 0.29) is 24.6 Å². The van der Waals surface area contributed by atoms with Crippen molar-refractivity contribution in [2.45, 2.75) is 32.1 Å². The predicted molar refractivity (Wildman–Crippen MR) is 162 cm³/mol. The van der Waals surface area contributed by atoms with Crippen LogP contribution in [0.15, 0.2) is 67.1 Å². The number of rotatable bonds is 8. The second-order valence-electron chi connectivity index (χ2n) is 10.9. The van der Waals surface area contributed by atoms with Crippen LogP contribution in [0.3, 0.4) is 0 Å². The van der Waals surface area contributed by atoms with Gasteiger partial charge in [-0.05, 0) is 56.7 Å². The fraction of sp³-hybridized carbons (Fsp3) is 0.273. The number of hydrogen-bond donors (Lipinski definition) is 2. The highest BCUT2D eigenvalue weighted by atomic mass is 19.1. The van der Waals surface area contributed by atoms with Gasteiger partial charge in [0, 0.05) is 59.0 Å². The third-order valence-corrected chi connectivity index (χ3v) is 7.26. The average Bonchev–Trinajstić information content (AvgIpc) is 3.69. The van der Waals surface area contributed by atoms with Crippen LogP contribution in [0, 0.1) is 18.8 Å². The molecule has 9 nitrogen and oxygen atoms in total. The average molecular weight is 578 g/mol. The topological polar surface area (TPSA) is 101 Å². The highest BCUT2D eigenvalue weighted by molar-refractivity contribution is 5.93. The smallest absolute Gasteiger partial charge is 0.270 e. The van der Waals surface area contributed by atoms with Crippen LogP contribution in [0.2, 0.25) is 0 Å². The van der Waals surface area contributed by atoms with E-state index in [1.54, 1.807) is 24.7 Å². The van der Waals surface area contributed by atoms with Crippen LogP contribution < -0.4 is 10.1 Å². The zero-order chi connectivity index (χ0) is 29.9. The van der Waals surface area contributed by atoms with Gasteiger partial charge in [0.2, 0.25) is 5.88 Å². The number of amides is 1. The molecule has 5 heterocycles. The highest BCUT2D eigenvalue weighted by Gasteiger charge is 2.31. The number of fused-ring (bicyclic) bond motifs is 2. The zero-order valence-electron chi connectivity index (χ0n) is 24.3. The van der Waals surface area contributed by atoms with Gasteiger partial charge in [0.05, 0.1) is 18.6 Å². The van der Waals surface area contributed by atoms with Gasteiger partial charge in [-0.15, -0.1) is 0 Å². The van der Waals surface area contributed by atoms with Crippen molar-refractivity contribution in [1.29, 1.82) is 0 Å². The Balaban J connectivity index is 1.24. The number of nitrogens with one attached hydrogen (secondary N) is 2. The van der Waals surface area contributed by atoms with E-state index >= 15 is 0 Å². The fourth-order valence-corrected chi connectivity index (χ4v) is 5.15. The lowest BCUT2D eigenvalue weighted by Crippen LogP contribution is -2.31. The van der Waals surface area contributed by atoms with Crippen LogP contribution in [0.1, 0.15) is 50.4 Å². The minimum Gasteiger partial charge on any atom is -0.476 e. The van der Waals surface area contributed by atoms with E-state index in [1.165, 1.54) is 0 Å². The quantitative estimate of drug-likeness (QED) is 0.268. The summed E-state index contributed by atoms with van der Waals surface area (Å²) in [6.45, 7) is 3.43. The van der Waals surface area contributed by atoms with Crippen molar-refractivity contribution in [2.24, 2.45) is 0 Å². The lowest BCUT2D eigenvalue weighted by Gasteiger charge is -2.17. The fourth-order valence-electron chi connectivity index (χ4n) is 5.15. The van der Waals surface area contributed by atoms with Gasteiger partial charge in [-0.3, -0.25) is 4.79 Å². The number of aryl methyl sites for hydroxylation is 1. The van der Waals surface area contributed by atoms with E-state index in [4.69, 9.17) is 4.74 Å². The van der Waals surface area contributed by atoms with E-state index < -0.39 is 12.2 Å². The number of ether oxygens (including phenoxy) is 1. The van der Waals surface area contributed by atoms with Crippen LogP contribution in [0.5, 0.6) is 5.88 Å². The number of nitrogens with zero attached hydrogens (tertiary/aromatic N) is 5. The maximum atomic E-state index is 14.3. The van der Waals surface area contributed by atoms with Crippen molar-refractivity contribution in [3.63, 3.8) is 0 Å². The molecule has 4 aromatic heterocycles. The van der Waals surface area contributed by atoms with Crippen LogP contribution >= 0.6 is 0 Å². The summed E-state index contributed by atoms with van der Waals surface area (Å²) in [7, 11) is 3.97. The third kappa shape index (κ3) is 6.42. The Labute approximate surface area is 249 Å². The van der Waals surface area contributed by atoms with Gasteiger partial charge in [0.25, 0.3) is 5.91 Å². The molecule has 10 heteroatoms. The molecule has 0 saturated carbocycles. The summed E-state index contributed by atoms with van der Waals surface area (Å²) in [6, 6.07) is 16.4. The Morgan fingerprint density at radius 3 is 2.79 bits per heavy atom. The molecular formula is C33H32FN7O2. The molecule has 2 atom stereocenters. The molecule has 5 aromatic rings. The van der Waals surface area contributed by atoms with Crippen LogP contribution in [0.25, 0.3) is 10.9 Å². The van der Waals surface area contributed by atoms with Gasteiger partial charge in [-0.25, -0.2) is 19.3 Å². The maximum Gasteiger partial charge on any atom is 0.270 e. The van der Waals surface area contributed by atoms with E-state index in [0.29, 0.717) is 29.4 Å². The maximum absolute atomic E-state index is 14.3. The van der Waals surface area contributed by atoms with Crippen molar-refractivity contribution in [2.75, 3.05) is 27.2 Å². The summed E-state index contributed by atoms with van der Waals surface area (Å²) in [5.41, 5.74) is 5.35. The Hall–Kier alpha value is -5.01. The first-order valence-electron chi connectivity index (χ1n) is 14.1. The molecule has 0 saturated heterocycles. The number of carbonyl (C=O) groups excluding carboxylic acids is 1. The first-order chi connectivity index (χ1) is 20.8. The molecule has 6 rings (SSSR count). The molecule has 0 spiro atoms. The van der Waals surface area contributed by atoms with E-state index in [0.717, 1.165) is 34.4 Å². The number of alkyl halides is 1. The summed E-state index contributed by atoms with van der Waals surface area (Å²) >= 11 is 0. The number of H-pyrrole nitrogens is 1. The summed E-state index contributed by atoms with van der Waals surface area (Å²) in [4.78, 5) is 32.5. The van der Waals surface area contributed by atoms with Crippen LogP contribution in [-0.2, 0) is 13.0 Å². The van der Waals surface area contributed by atoms with Crippen LogP contribution in [0.4, 0.5) is 4.39 Å². The molecular weight excluding hydrogens is 545 g/mol. The van der Waals surface area contributed by atoms with Gasteiger partial charge in [-0.1, -0.05) is 30.0 Å². The van der Waals surface area contributed by atoms with Crippen molar-refractivity contribution in [1.82, 2.24) is 34.7 Å². The molecule has 0 radical (unpaired) electrons. The first kappa shape index (κ1) is 28.1. The predicted octanol–water partition coefficient (Wildman–Crippen LogP) is 4.22. The van der Waals surface area contributed by atoms with Gasteiger partial charge >= 0.3 is 0 Å². The number of imidazole rings is 1. The van der Waals surface area contributed by atoms with E-state index in [2.05, 4.69) is 37.1 Å². The lowest BCUT2D eigenvalue weighted by atomic mass is 10.1. The van der Waals surface area contributed by atoms with Crippen molar-refractivity contribution < 1.29 is 13.9 Å². The Morgan fingerprint density at radius 2 is 2.00 bits per heavy atom. The highest BCUT2D eigenvalue weighted by Crippen LogP contribution is 2.31. The third-order valence-electron chi connectivity index (χ3n) is 7.26. The summed E-state index contributed by atoms with van der Waals surface area (Å²) in [6.07, 6.45) is 2.58. The second-order valence-corrected chi connectivity index (χ2v) is 10.9. The molecule has 0 fully saturated rings. The zero-order valence-corrected chi connectivity index (χ0v) is 24.3. The van der Waals surface area contributed by atoms with Crippen molar-refractivity contribution in [3.8, 4) is 17.7 Å². The number of benzene rings is 1. The monoisotopic (exact) mass is 577 g/mol. The number of aromatic amines is 1. The minimum absolute atomic E-state index is 0.229. The Kier molecular flexibility index (Phi) is 7.90. The molecule has 43 heavy (non-hydrogen) atoms. The number of aromatic nitrogens is 5. The number of para-hydroxylation sites is 1. The molecule has 1 unspecified atom stereocenters. The number of pyridine rings is 2. The number of carbonyl (C=O) groups is 1. The Bertz CT molecular complexity index is 1800. The Morgan fingerprint density at radius 1 is 1.16 bits per heavy atom. The standard InChI is InChI=1S/C33H32FN7O2/c1-21-14-23(9-8-22-10-11-30(35-18-22)43-13-12-40(2)3)15-28(37-21)33(42)39-31(27-16-24-6-4-5-7-26(24)38-27)32-29-17-25(34)19-41(29)20-36-32/h4-7,10-11,14-16,18,20,25,31,38H,12-13,17,19H2,1-3H3,(H,39,42)/t25-,31?/m1/s1. The number of hydrogen-bond acceptors (Lipinski definition) is 6. The molecule has 0 bridgehead atoms. The molecule has 1 aromatic carbocycles. The summed E-state index contributed by atoms with van der Waals surface area (Å²) in [5, 5.41) is 4.11. The lowest BCUT2D eigenvalue weighted by molar-refractivity contribution is 0.0936. The number of likely N-dealkylation sites (N-methyl/N-ethyl adjacent to an activating group) is 1. The van der Waals surface area contributed by atoms with Gasteiger partial charge in [-0.2, -0.15) is 0 Å². The molecule has 218 valence electrons. The second kappa shape index (κ2) is 12.1. The largest absolute Gasteiger partial charge is 0.476 e. The normalized spacial score (nSPS) is 14.8. The summed E-state index contributed by atoms with van der Waals surface area (Å²) < 4.78 is 21.8. The molecule has 1 amide bonds. The van der Waals surface area contributed by atoms with Gasteiger partial charge < -0.3 is 24.5 Å². The first-order valence-corrected chi connectivity index (χ1v) is 14.1. The minimum atomic E-state index is -0.975. The van der Waals surface area contributed by atoms with Gasteiger partial charge in [0.15, 0.2) is 0 Å². The summed E-state index contributed by atoms with van der Waals surface area (Å²) in [5.74, 6) is 6.39. The molecule has 0 aliphatic carbocycles. The van der Waals surface area contributed by atoms with Gasteiger partial charge in [0.1, 0.15) is 24.5 Å². The molecule has 2 N–H and O–H groups in total. The van der Waals surface area contributed by atoms with E-state index in [1.807, 2.05) is 73.0 Å². The van der Waals surface area contributed by atoms with Crippen LogP contribution in [-0.4, -0.2) is 68.7 Å².